The van der Waals surface area contributed by atoms with Gasteiger partial charge in [-0.3, -0.25) is 0 Å². The number of aliphatic carboxylic acids is 1. The molecule has 0 amide bonds. The monoisotopic (exact) mass is 177 g/mol. The predicted octanol–water partition coefficient (Wildman–Crippen LogP) is -0.0902. The molecule has 1 rings (SSSR count). The summed E-state index contributed by atoms with van der Waals surface area (Å²) in [7, 11) is 0. The minimum atomic E-state index is -0.945. The average Bonchev–Trinajstić information content (AvgIpc) is 2.17. The summed E-state index contributed by atoms with van der Waals surface area (Å²) in [6.07, 6.45) is 0.704. The topological polar surface area (TPSA) is 40.1 Å². The molecule has 0 aromatic carbocycles. The molecule has 0 radical (unpaired) electrons. The van der Waals surface area contributed by atoms with Crippen molar-refractivity contribution in [1.82, 2.24) is 0 Å². The molecule has 0 aromatic rings. The first-order valence-corrected chi connectivity index (χ1v) is 3.34. The first-order chi connectivity index (χ1) is 3.57. The minimum absolute atomic E-state index is 0.139. The SMILES string of the molecule is C[C@@]1(C(=O)[O-])C[C@H]1Br. The molecule has 3 heteroatoms. The number of carbonyl (C=O) groups excluding carboxylic acids is 1. The molecule has 2 atom stereocenters. The van der Waals surface area contributed by atoms with Crippen LogP contribution in [0.25, 0.3) is 0 Å². The van der Waals surface area contributed by atoms with E-state index in [1.54, 1.807) is 6.92 Å². The van der Waals surface area contributed by atoms with Crippen LogP contribution < -0.4 is 5.11 Å². The number of carboxylic acids is 1. The lowest BCUT2D eigenvalue weighted by Crippen LogP contribution is -2.32. The third-order valence-electron chi connectivity index (χ3n) is 1.60. The van der Waals surface area contributed by atoms with Crippen molar-refractivity contribution in [3.05, 3.63) is 0 Å². The van der Waals surface area contributed by atoms with Crippen molar-refractivity contribution in [1.29, 1.82) is 0 Å². The van der Waals surface area contributed by atoms with Gasteiger partial charge in [0.1, 0.15) is 0 Å². The van der Waals surface area contributed by atoms with Gasteiger partial charge in [0.05, 0.1) is 0 Å². The maximum Gasteiger partial charge on any atom is 0.0485 e. The molecule has 0 saturated heterocycles. The van der Waals surface area contributed by atoms with Gasteiger partial charge in [0.25, 0.3) is 0 Å². The fourth-order valence-electron chi connectivity index (χ4n) is 0.525. The lowest BCUT2D eigenvalue weighted by molar-refractivity contribution is -0.312. The highest BCUT2D eigenvalue weighted by Gasteiger charge is 2.49. The molecule has 46 valence electrons. The van der Waals surface area contributed by atoms with E-state index in [1.807, 2.05) is 0 Å². The summed E-state index contributed by atoms with van der Waals surface area (Å²) in [5.74, 6) is -0.945. The summed E-state index contributed by atoms with van der Waals surface area (Å²) >= 11 is 3.18. The number of carboxylic acid groups (broad SMARTS) is 1. The number of halogens is 1. The molecule has 1 fully saturated rings. The summed E-state index contributed by atoms with van der Waals surface area (Å²) in [5, 5.41) is 10.2. The zero-order chi connectivity index (χ0) is 6.36. The van der Waals surface area contributed by atoms with Gasteiger partial charge in [0.15, 0.2) is 0 Å². The third kappa shape index (κ3) is 0.652. The highest BCUT2D eigenvalue weighted by molar-refractivity contribution is 9.09. The van der Waals surface area contributed by atoms with E-state index in [2.05, 4.69) is 15.9 Å². The smallest absolute Gasteiger partial charge is 0.0485 e. The lowest BCUT2D eigenvalue weighted by atomic mass is 10.2. The second-order valence-corrected chi connectivity index (χ2v) is 3.48. The Labute approximate surface area is 56.0 Å². The van der Waals surface area contributed by atoms with Crippen LogP contribution in [0.1, 0.15) is 13.3 Å². The minimum Gasteiger partial charge on any atom is -0.550 e. The Bertz CT molecular complexity index is 134. The molecular weight excluding hydrogens is 172 g/mol. The first-order valence-electron chi connectivity index (χ1n) is 2.43. The van der Waals surface area contributed by atoms with Gasteiger partial charge in [0.2, 0.25) is 0 Å². The van der Waals surface area contributed by atoms with Gasteiger partial charge in [-0.2, -0.15) is 0 Å². The lowest BCUT2D eigenvalue weighted by Gasteiger charge is -2.07. The Morgan fingerprint density at radius 3 is 2.38 bits per heavy atom. The van der Waals surface area contributed by atoms with Crippen LogP contribution in [0.2, 0.25) is 0 Å². The Balaban J connectivity index is 2.60. The van der Waals surface area contributed by atoms with Gasteiger partial charge in [-0.1, -0.05) is 22.9 Å². The number of alkyl halides is 1. The van der Waals surface area contributed by atoms with Crippen LogP contribution in [0.15, 0.2) is 0 Å². The summed E-state index contributed by atoms with van der Waals surface area (Å²) < 4.78 is 0. The van der Waals surface area contributed by atoms with E-state index in [-0.39, 0.29) is 4.83 Å². The zero-order valence-corrected chi connectivity index (χ0v) is 6.06. The molecule has 0 bridgehead atoms. The Morgan fingerprint density at radius 2 is 2.38 bits per heavy atom. The Hall–Kier alpha value is -0.0500. The first kappa shape index (κ1) is 6.08. The molecule has 0 aromatic heterocycles. The van der Waals surface area contributed by atoms with E-state index < -0.39 is 11.4 Å². The van der Waals surface area contributed by atoms with Crippen molar-refractivity contribution < 1.29 is 9.90 Å². The van der Waals surface area contributed by atoms with Crippen LogP contribution in [0.5, 0.6) is 0 Å². The standard InChI is InChI=1S/C5H7BrO2/c1-5(4(7)8)2-3(5)6/h3H,2H2,1H3,(H,7,8)/p-1/t3-,5-/m1/s1. The summed E-state index contributed by atoms with van der Waals surface area (Å²) in [6.45, 7) is 1.68. The second-order valence-electron chi connectivity index (χ2n) is 2.38. The van der Waals surface area contributed by atoms with Crippen LogP contribution in [0.3, 0.4) is 0 Å². The number of hydrogen-bond acceptors (Lipinski definition) is 2. The Morgan fingerprint density at radius 1 is 2.00 bits per heavy atom. The zero-order valence-electron chi connectivity index (χ0n) is 4.48. The fraction of sp³-hybridized carbons (Fsp3) is 0.800. The van der Waals surface area contributed by atoms with Crippen molar-refractivity contribution in [2.24, 2.45) is 5.41 Å². The maximum atomic E-state index is 10.2. The van der Waals surface area contributed by atoms with E-state index in [9.17, 15) is 9.90 Å². The molecule has 2 nitrogen and oxygen atoms in total. The molecule has 0 N–H and O–H groups in total. The average molecular weight is 178 g/mol. The quantitative estimate of drug-likeness (QED) is 0.526. The summed E-state index contributed by atoms with van der Waals surface area (Å²) in [5.41, 5.74) is -0.569. The van der Waals surface area contributed by atoms with Gasteiger partial charge >= 0.3 is 0 Å². The van der Waals surface area contributed by atoms with Gasteiger partial charge in [-0.05, 0) is 6.42 Å². The molecule has 1 aliphatic rings. The van der Waals surface area contributed by atoms with Gasteiger partial charge in [0, 0.05) is 16.2 Å². The highest BCUT2D eigenvalue weighted by atomic mass is 79.9. The van der Waals surface area contributed by atoms with Gasteiger partial charge in [-0.15, -0.1) is 0 Å². The Kier molecular flexibility index (Phi) is 1.11. The van der Waals surface area contributed by atoms with Gasteiger partial charge in [-0.25, -0.2) is 0 Å². The molecule has 0 heterocycles. The highest BCUT2D eigenvalue weighted by Crippen LogP contribution is 2.50. The van der Waals surface area contributed by atoms with Crippen molar-refractivity contribution in [3.63, 3.8) is 0 Å². The van der Waals surface area contributed by atoms with Gasteiger partial charge < -0.3 is 9.90 Å². The molecule has 0 aliphatic heterocycles. The molecule has 8 heavy (non-hydrogen) atoms. The molecule has 1 saturated carbocycles. The molecule has 0 spiro atoms. The van der Waals surface area contributed by atoms with Crippen LogP contribution in [-0.4, -0.2) is 10.8 Å². The van der Waals surface area contributed by atoms with Crippen molar-refractivity contribution in [2.45, 2.75) is 18.2 Å². The maximum absolute atomic E-state index is 10.2. The number of rotatable bonds is 1. The van der Waals surface area contributed by atoms with E-state index in [0.29, 0.717) is 6.42 Å². The summed E-state index contributed by atoms with van der Waals surface area (Å²) in [4.78, 5) is 10.3. The van der Waals surface area contributed by atoms with Crippen LogP contribution in [0.4, 0.5) is 0 Å². The van der Waals surface area contributed by atoms with E-state index >= 15 is 0 Å². The van der Waals surface area contributed by atoms with Crippen LogP contribution in [0, 0.1) is 5.41 Å². The largest absolute Gasteiger partial charge is 0.550 e. The van der Waals surface area contributed by atoms with E-state index in [4.69, 9.17) is 0 Å². The van der Waals surface area contributed by atoms with Crippen molar-refractivity contribution >= 4 is 21.9 Å². The predicted molar refractivity (Wildman–Crippen MR) is 30.4 cm³/mol. The van der Waals surface area contributed by atoms with Crippen molar-refractivity contribution in [3.8, 4) is 0 Å². The number of hydrogen-bond donors (Lipinski definition) is 0. The molecule has 1 aliphatic carbocycles. The second kappa shape index (κ2) is 1.47. The van der Waals surface area contributed by atoms with E-state index in [1.165, 1.54) is 0 Å². The molecular formula is C5H6BrO2-. The summed E-state index contributed by atoms with van der Waals surface area (Å²) in [6, 6.07) is 0. The third-order valence-corrected chi connectivity index (χ3v) is 2.94. The molecule has 0 unspecified atom stereocenters. The van der Waals surface area contributed by atoms with E-state index in [0.717, 1.165) is 0 Å². The normalized spacial score (nSPS) is 44.0. The van der Waals surface area contributed by atoms with Crippen molar-refractivity contribution in [2.75, 3.05) is 0 Å². The van der Waals surface area contributed by atoms with Crippen LogP contribution in [-0.2, 0) is 4.79 Å². The van der Waals surface area contributed by atoms with Crippen LogP contribution >= 0.6 is 15.9 Å². The number of carbonyl (C=O) groups is 1. The fourth-order valence-corrected chi connectivity index (χ4v) is 1.38.